The maximum Gasteiger partial charge on any atom is 0.239 e. The van der Waals surface area contributed by atoms with E-state index in [1.54, 1.807) is 6.07 Å². The Morgan fingerprint density at radius 2 is 2.00 bits per heavy atom. The molecule has 2 rings (SSSR count). The summed E-state index contributed by atoms with van der Waals surface area (Å²) in [5.41, 5.74) is 1.76. The molecule has 1 aromatic carbocycles. The Kier molecular flexibility index (Phi) is 5.17. The second kappa shape index (κ2) is 6.68. The van der Waals surface area contributed by atoms with Crippen molar-refractivity contribution in [2.45, 2.75) is 20.3 Å². The molecule has 1 fully saturated rings. The summed E-state index contributed by atoms with van der Waals surface area (Å²) < 4.78 is 0. The molecule has 3 nitrogen and oxygen atoms in total. The maximum atomic E-state index is 11.6. The van der Waals surface area contributed by atoms with Crippen LogP contribution in [0.1, 0.15) is 20.3 Å². The number of halogens is 2. The van der Waals surface area contributed by atoms with Crippen molar-refractivity contribution >= 4 is 40.5 Å². The largest absolute Gasteiger partial charge is 0.369 e. The molecule has 110 valence electrons. The van der Waals surface area contributed by atoms with E-state index >= 15 is 0 Å². The third-order valence-corrected chi connectivity index (χ3v) is 4.04. The van der Waals surface area contributed by atoms with Gasteiger partial charge in [0.25, 0.3) is 0 Å². The van der Waals surface area contributed by atoms with Gasteiger partial charge in [0.2, 0.25) is 5.91 Å². The van der Waals surface area contributed by atoms with Gasteiger partial charge in [0.1, 0.15) is 5.88 Å². The summed E-state index contributed by atoms with van der Waals surface area (Å²) in [6, 6.07) is 5.61. The number of amides is 1. The number of alkyl halides is 1. The number of benzene rings is 1. The summed E-state index contributed by atoms with van der Waals surface area (Å²) in [6.07, 6.45) is 1.24. The lowest BCUT2D eigenvalue weighted by atomic mass is 9.91. The predicted octanol–water partition coefficient (Wildman–Crippen LogP) is 4.00. The first-order chi connectivity index (χ1) is 9.49. The average molecular weight is 315 g/mol. The van der Waals surface area contributed by atoms with Gasteiger partial charge in [-0.15, -0.1) is 11.6 Å². The Hall–Kier alpha value is -0.930. The van der Waals surface area contributed by atoms with E-state index in [1.807, 2.05) is 12.1 Å². The topological polar surface area (TPSA) is 32.3 Å². The maximum absolute atomic E-state index is 11.6. The second-order valence-corrected chi connectivity index (χ2v) is 6.40. The molecule has 1 heterocycles. The summed E-state index contributed by atoms with van der Waals surface area (Å²) in [5.74, 6) is 1.02. The van der Waals surface area contributed by atoms with Crippen LogP contribution in [-0.2, 0) is 4.79 Å². The Balaban J connectivity index is 2.27. The minimum Gasteiger partial charge on any atom is -0.369 e. The molecule has 0 aliphatic carbocycles. The van der Waals surface area contributed by atoms with Crippen LogP contribution in [0, 0.1) is 11.8 Å². The van der Waals surface area contributed by atoms with Crippen LogP contribution in [0.2, 0.25) is 5.02 Å². The fourth-order valence-electron chi connectivity index (χ4n) is 2.93. The van der Waals surface area contributed by atoms with Gasteiger partial charge in [-0.1, -0.05) is 25.4 Å². The zero-order valence-corrected chi connectivity index (χ0v) is 13.3. The minimum absolute atomic E-state index is 0.0568. The second-order valence-electron chi connectivity index (χ2n) is 5.69. The lowest BCUT2D eigenvalue weighted by molar-refractivity contribution is -0.113. The highest BCUT2D eigenvalue weighted by molar-refractivity contribution is 6.31. The lowest BCUT2D eigenvalue weighted by Crippen LogP contribution is -2.39. The standard InChI is InChI=1S/C15H20Cl2N2O/c1-10-5-11(2)9-19(8-10)14-4-3-12(17)6-13(14)18-15(20)7-16/h3-4,6,10-11H,5,7-9H2,1-2H3,(H,18,20). The van der Waals surface area contributed by atoms with Crippen molar-refractivity contribution in [2.75, 3.05) is 29.2 Å². The van der Waals surface area contributed by atoms with Crippen LogP contribution in [0.5, 0.6) is 0 Å². The van der Waals surface area contributed by atoms with Gasteiger partial charge in [-0.3, -0.25) is 4.79 Å². The van der Waals surface area contributed by atoms with Crippen LogP contribution in [-0.4, -0.2) is 24.9 Å². The van der Waals surface area contributed by atoms with Crippen LogP contribution in [0.4, 0.5) is 11.4 Å². The van der Waals surface area contributed by atoms with Gasteiger partial charge >= 0.3 is 0 Å². The molecule has 1 aliphatic rings. The quantitative estimate of drug-likeness (QED) is 0.855. The van der Waals surface area contributed by atoms with E-state index in [2.05, 4.69) is 24.1 Å². The van der Waals surface area contributed by atoms with E-state index in [1.165, 1.54) is 6.42 Å². The van der Waals surface area contributed by atoms with Gasteiger partial charge in [-0.2, -0.15) is 0 Å². The van der Waals surface area contributed by atoms with Gasteiger partial charge < -0.3 is 10.2 Å². The molecule has 0 spiro atoms. The van der Waals surface area contributed by atoms with Crippen molar-refractivity contribution in [3.05, 3.63) is 23.2 Å². The number of nitrogens with zero attached hydrogens (tertiary/aromatic N) is 1. The van der Waals surface area contributed by atoms with Crippen LogP contribution in [0.25, 0.3) is 0 Å². The first-order valence-corrected chi connectivity index (χ1v) is 7.81. The van der Waals surface area contributed by atoms with Crippen molar-refractivity contribution < 1.29 is 4.79 Å². The number of carbonyl (C=O) groups is 1. The highest BCUT2D eigenvalue weighted by Gasteiger charge is 2.24. The molecule has 0 bridgehead atoms. The summed E-state index contributed by atoms with van der Waals surface area (Å²) in [6.45, 7) is 6.51. The van der Waals surface area contributed by atoms with Crippen LogP contribution in [0.3, 0.4) is 0 Å². The fraction of sp³-hybridized carbons (Fsp3) is 0.533. The SMILES string of the molecule is CC1CC(C)CN(c2ccc(Cl)cc2NC(=O)CCl)C1. The van der Waals surface area contributed by atoms with E-state index in [-0.39, 0.29) is 11.8 Å². The van der Waals surface area contributed by atoms with E-state index in [0.717, 1.165) is 24.5 Å². The molecule has 1 aromatic rings. The van der Waals surface area contributed by atoms with Crippen molar-refractivity contribution in [2.24, 2.45) is 11.8 Å². The molecule has 5 heteroatoms. The average Bonchev–Trinajstić information content (AvgIpc) is 2.37. The highest BCUT2D eigenvalue weighted by Crippen LogP contribution is 2.33. The number of hydrogen-bond acceptors (Lipinski definition) is 2. The first kappa shape index (κ1) is 15.5. The summed E-state index contributed by atoms with van der Waals surface area (Å²) in [5, 5.41) is 3.44. The zero-order chi connectivity index (χ0) is 14.7. The molecule has 1 N–H and O–H groups in total. The van der Waals surface area contributed by atoms with Gasteiger partial charge in [0.15, 0.2) is 0 Å². The zero-order valence-electron chi connectivity index (χ0n) is 11.8. The smallest absolute Gasteiger partial charge is 0.239 e. The number of piperidine rings is 1. The molecule has 0 aromatic heterocycles. The monoisotopic (exact) mass is 314 g/mol. The van der Waals surface area contributed by atoms with Gasteiger partial charge in [0, 0.05) is 18.1 Å². The summed E-state index contributed by atoms with van der Waals surface area (Å²) in [7, 11) is 0. The fourth-order valence-corrected chi connectivity index (χ4v) is 3.17. The molecule has 20 heavy (non-hydrogen) atoms. The van der Waals surface area contributed by atoms with Crippen molar-refractivity contribution in [3.8, 4) is 0 Å². The van der Waals surface area contributed by atoms with Crippen molar-refractivity contribution in [1.29, 1.82) is 0 Å². The van der Waals surface area contributed by atoms with E-state index in [9.17, 15) is 4.79 Å². The van der Waals surface area contributed by atoms with Gasteiger partial charge in [-0.25, -0.2) is 0 Å². The Morgan fingerprint density at radius 3 is 2.60 bits per heavy atom. The summed E-state index contributed by atoms with van der Waals surface area (Å²) >= 11 is 11.6. The number of rotatable bonds is 3. The molecule has 2 unspecified atom stereocenters. The highest BCUT2D eigenvalue weighted by atomic mass is 35.5. The third-order valence-electron chi connectivity index (χ3n) is 3.56. The molecular weight excluding hydrogens is 295 g/mol. The molecule has 1 amide bonds. The normalized spacial score (nSPS) is 22.7. The first-order valence-electron chi connectivity index (χ1n) is 6.90. The third kappa shape index (κ3) is 3.80. The Bertz CT molecular complexity index is 483. The van der Waals surface area contributed by atoms with E-state index in [0.29, 0.717) is 16.9 Å². The van der Waals surface area contributed by atoms with Crippen LogP contribution < -0.4 is 10.2 Å². The Labute approximate surface area is 130 Å². The molecule has 1 saturated heterocycles. The van der Waals surface area contributed by atoms with E-state index < -0.39 is 0 Å². The number of anilines is 2. The molecule has 2 atom stereocenters. The minimum atomic E-state index is -0.215. The molecular formula is C15H20Cl2N2O. The lowest BCUT2D eigenvalue weighted by Gasteiger charge is -2.37. The summed E-state index contributed by atoms with van der Waals surface area (Å²) in [4.78, 5) is 13.9. The van der Waals surface area contributed by atoms with Crippen LogP contribution in [0.15, 0.2) is 18.2 Å². The molecule has 1 aliphatic heterocycles. The van der Waals surface area contributed by atoms with Crippen molar-refractivity contribution in [3.63, 3.8) is 0 Å². The Morgan fingerprint density at radius 1 is 1.35 bits per heavy atom. The number of carbonyl (C=O) groups excluding carboxylic acids is 1. The predicted molar refractivity (Wildman–Crippen MR) is 86.0 cm³/mol. The molecule has 0 radical (unpaired) electrons. The van der Waals surface area contributed by atoms with Crippen LogP contribution >= 0.6 is 23.2 Å². The van der Waals surface area contributed by atoms with E-state index in [4.69, 9.17) is 23.2 Å². The number of hydrogen-bond donors (Lipinski definition) is 1. The number of nitrogens with one attached hydrogen (secondary N) is 1. The molecule has 0 saturated carbocycles. The van der Waals surface area contributed by atoms with Gasteiger partial charge in [0.05, 0.1) is 11.4 Å². The van der Waals surface area contributed by atoms with Gasteiger partial charge in [-0.05, 0) is 36.5 Å². The van der Waals surface area contributed by atoms with Crippen molar-refractivity contribution in [1.82, 2.24) is 0 Å².